The summed E-state index contributed by atoms with van der Waals surface area (Å²) in [6.07, 6.45) is 0. The van der Waals surface area contributed by atoms with Crippen LogP contribution < -0.4 is 15.8 Å². The molecule has 144 valence electrons. The van der Waals surface area contributed by atoms with E-state index in [9.17, 15) is 4.79 Å². The molecule has 0 radical (unpaired) electrons. The minimum Gasteiger partial charge on any atom is -0.456 e. The number of nitrogens with two attached hydrogens (primary N) is 1. The SMILES string of the molecule is N[C@@H](COCc1ccccc1)C(=O)Nc1ccc(Oc2ccccc2)c(Cl)c1. The van der Waals surface area contributed by atoms with Crippen molar-refractivity contribution in [2.24, 2.45) is 5.73 Å². The molecule has 0 aliphatic rings. The second kappa shape index (κ2) is 9.90. The first kappa shape index (κ1) is 19.9. The summed E-state index contributed by atoms with van der Waals surface area (Å²) < 4.78 is 11.2. The van der Waals surface area contributed by atoms with Crippen LogP contribution in [0.2, 0.25) is 5.02 Å². The normalized spacial score (nSPS) is 11.6. The third kappa shape index (κ3) is 5.82. The molecule has 1 amide bonds. The summed E-state index contributed by atoms with van der Waals surface area (Å²) in [6.45, 7) is 0.517. The Balaban J connectivity index is 1.51. The molecule has 3 rings (SSSR count). The molecule has 5 nitrogen and oxygen atoms in total. The fourth-order valence-electron chi connectivity index (χ4n) is 2.47. The average Bonchev–Trinajstić information content (AvgIpc) is 2.71. The predicted molar refractivity (Wildman–Crippen MR) is 111 cm³/mol. The van der Waals surface area contributed by atoms with E-state index in [2.05, 4.69) is 5.32 Å². The second-order valence-corrected chi connectivity index (χ2v) is 6.56. The number of para-hydroxylation sites is 1. The Labute approximate surface area is 169 Å². The van der Waals surface area contributed by atoms with Crippen LogP contribution in [-0.4, -0.2) is 18.6 Å². The summed E-state index contributed by atoms with van der Waals surface area (Å²) in [7, 11) is 0. The van der Waals surface area contributed by atoms with Gasteiger partial charge in [-0.25, -0.2) is 0 Å². The lowest BCUT2D eigenvalue weighted by Gasteiger charge is -2.14. The topological polar surface area (TPSA) is 73.6 Å². The van der Waals surface area contributed by atoms with Crippen LogP contribution in [0.15, 0.2) is 78.9 Å². The summed E-state index contributed by atoms with van der Waals surface area (Å²) in [5, 5.41) is 3.12. The van der Waals surface area contributed by atoms with Gasteiger partial charge in [0.1, 0.15) is 17.5 Å². The average molecular weight is 397 g/mol. The molecule has 3 N–H and O–H groups in total. The zero-order chi connectivity index (χ0) is 19.8. The van der Waals surface area contributed by atoms with E-state index in [1.165, 1.54) is 0 Å². The number of halogens is 1. The quantitative estimate of drug-likeness (QED) is 0.583. The highest BCUT2D eigenvalue weighted by Crippen LogP contribution is 2.31. The highest BCUT2D eigenvalue weighted by atomic mass is 35.5. The lowest BCUT2D eigenvalue weighted by molar-refractivity contribution is -0.118. The van der Waals surface area contributed by atoms with Gasteiger partial charge in [-0.3, -0.25) is 4.79 Å². The number of hydrogen-bond acceptors (Lipinski definition) is 4. The highest BCUT2D eigenvalue weighted by molar-refractivity contribution is 6.32. The lowest BCUT2D eigenvalue weighted by atomic mass is 10.2. The zero-order valence-corrected chi connectivity index (χ0v) is 15.9. The minimum atomic E-state index is -0.789. The smallest absolute Gasteiger partial charge is 0.243 e. The molecule has 0 aliphatic carbocycles. The van der Waals surface area contributed by atoms with Crippen LogP contribution in [0.4, 0.5) is 5.69 Å². The molecule has 3 aromatic carbocycles. The van der Waals surface area contributed by atoms with Crippen molar-refractivity contribution < 1.29 is 14.3 Å². The molecule has 28 heavy (non-hydrogen) atoms. The summed E-state index contributed by atoms with van der Waals surface area (Å²) in [6, 6.07) is 23.3. The molecule has 0 unspecified atom stereocenters. The van der Waals surface area contributed by atoms with Crippen molar-refractivity contribution >= 4 is 23.2 Å². The van der Waals surface area contributed by atoms with Gasteiger partial charge in [0.05, 0.1) is 18.2 Å². The van der Waals surface area contributed by atoms with Gasteiger partial charge in [-0.1, -0.05) is 60.1 Å². The maximum atomic E-state index is 12.3. The maximum absolute atomic E-state index is 12.3. The van der Waals surface area contributed by atoms with Crippen molar-refractivity contribution in [1.29, 1.82) is 0 Å². The molecule has 0 bridgehead atoms. The van der Waals surface area contributed by atoms with Crippen LogP contribution in [0.25, 0.3) is 0 Å². The van der Waals surface area contributed by atoms with Gasteiger partial charge in [0.25, 0.3) is 0 Å². The molecule has 0 saturated heterocycles. The van der Waals surface area contributed by atoms with Gasteiger partial charge in [-0.15, -0.1) is 0 Å². The molecule has 0 aliphatic heterocycles. The van der Waals surface area contributed by atoms with Crippen molar-refractivity contribution in [3.8, 4) is 11.5 Å². The van der Waals surface area contributed by atoms with Crippen molar-refractivity contribution in [3.05, 3.63) is 89.4 Å². The van der Waals surface area contributed by atoms with Gasteiger partial charge in [-0.05, 0) is 35.9 Å². The minimum absolute atomic E-state index is 0.115. The van der Waals surface area contributed by atoms with E-state index in [0.717, 1.165) is 5.56 Å². The molecule has 0 heterocycles. The fourth-order valence-corrected chi connectivity index (χ4v) is 2.68. The van der Waals surface area contributed by atoms with Gasteiger partial charge >= 0.3 is 0 Å². The van der Waals surface area contributed by atoms with Gasteiger partial charge in [0.2, 0.25) is 5.91 Å². The summed E-state index contributed by atoms with van der Waals surface area (Å²) >= 11 is 6.26. The monoisotopic (exact) mass is 396 g/mol. The van der Waals surface area contributed by atoms with Crippen LogP contribution in [0.1, 0.15) is 5.56 Å². The summed E-state index contributed by atoms with van der Waals surface area (Å²) in [5.74, 6) is 0.834. The van der Waals surface area contributed by atoms with E-state index < -0.39 is 6.04 Å². The van der Waals surface area contributed by atoms with Gasteiger partial charge in [0, 0.05) is 5.69 Å². The van der Waals surface area contributed by atoms with Gasteiger partial charge in [0.15, 0.2) is 0 Å². The first-order valence-electron chi connectivity index (χ1n) is 8.82. The Kier molecular flexibility index (Phi) is 7.03. The second-order valence-electron chi connectivity index (χ2n) is 6.16. The van der Waals surface area contributed by atoms with Crippen molar-refractivity contribution in [1.82, 2.24) is 0 Å². The van der Waals surface area contributed by atoms with Crippen LogP contribution in [-0.2, 0) is 16.1 Å². The first-order chi connectivity index (χ1) is 13.6. The number of benzene rings is 3. The molecule has 3 aromatic rings. The van der Waals surface area contributed by atoms with Crippen molar-refractivity contribution in [2.45, 2.75) is 12.6 Å². The molecule has 0 fully saturated rings. The molecule has 0 spiro atoms. The van der Waals surface area contributed by atoms with Crippen LogP contribution in [0.3, 0.4) is 0 Å². The highest BCUT2D eigenvalue weighted by Gasteiger charge is 2.15. The summed E-state index contributed by atoms with van der Waals surface area (Å²) in [5.41, 5.74) is 7.46. The number of ether oxygens (including phenoxy) is 2. The zero-order valence-electron chi connectivity index (χ0n) is 15.2. The van der Waals surface area contributed by atoms with E-state index in [-0.39, 0.29) is 12.5 Å². The summed E-state index contributed by atoms with van der Waals surface area (Å²) in [4.78, 5) is 12.3. The van der Waals surface area contributed by atoms with E-state index >= 15 is 0 Å². The van der Waals surface area contributed by atoms with E-state index in [1.54, 1.807) is 18.2 Å². The Morgan fingerprint density at radius 1 is 1.00 bits per heavy atom. The third-order valence-corrected chi connectivity index (χ3v) is 4.21. The number of amides is 1. The molecular weight excluding hydrogens is 376 g/mol. The van der Waals surface area contributed by atoms with Crippen molar-refractivity contribution in [2.75, 3.05) is 11.9 Å². The van der Waals surface area contributed by atoms with Crippen molar-refractivity contribution in [3.63, 3.8) is 0 Å². The van der Waals surface area contributed by atoms with E-state index in [1.807, 2.05) is 60.7 Å². The Bertz CT molecular complexity index is 904. The molecule has 0 saturated carbocycles. The van der Waals surface area contributed by atoms with Gasteiger partial charge < -0.3 is 20.5 Å². The standard InChI is InChI=1S/C22H21ClN2O3/c23-19-13-17(11-12-21(19)28-18-9-5-2-6-10-18)25-22(26)20(24)15-27-14-16-7-3-1-4-8-16/h1-13,20H,14-15,24H2,(H,25,26)/t20-/m0/s1. The number of anilines is 1. The lowest BCUT2D eigenvalue weighted by Crippen LogP contribution is -2.39. The molecule has 1 atom stereocenters. The Morgan fingerprint density at radius 2 is 1.68 bits per heavy atom. The fraction of sp³-hybridized carbons (Fsp3) is 0.136. The van der Waals surface area contributed by atoms with Crippen LogP contribution >= 0.6 is 11.6 Å². The van der Waals surface area contributed by atoms with Crippen LogP contribution in [0, 0.1) is 0 Å². The Hall–Kier alpha value is -2.86. The van der Waals surface area contributed by atoms with E-state index in [4.69, 9.17) is 26.8 Å². The first-order valence-corrected chi connectivity index (χ1v) is 9.20. The van der Waals surface area contributed by atoms with Crippen LogP contribution in [0.5, 0.6) is 11.5 Å². The number of nitrogens with one attached hydrogen (secondary N) is 1. The molecule has 6 heteroatoms. The number of carbonyl (C=O) groups excluding carboxylic acids is 1. The largest absolute Gasteiger partial charge is 0.456 e. The Morgan fingerprint density at radius 3 is 2.36 bits per heavy atom. The molecule has 0 aromatic heterocycles. The maximum Gasteiger partial charge on any atom is 0.243 e. The predicted octanol–water partition coefficient (Wildman–Crippen LogP) is 4.61. The molecular formula is C22H21ClN2O3. The van der Waals surface area contributed by atoms with Gasteiger partial charge in [-0.2, -0.15) is 0 Å². The number of hydrogen-bond donors (Lipinski definition) is 2. The van der Waals surface area contributed by atoms with E-state index in [0.29, 0.717) is 28.8 Å². The number of carbonyl (C=O) groups is 1. The third-order valence-electron chi connectivity index (χ3n) is 3.92. The number of rotatable bonds is 8.